The Balaban J connectivity index is 2.12. The maximum atomic E-state index is 12.5. The van der Waals surface area contributed by atoms with Gasteiger partial charge in [0, 0.05) is 33.2 Å². The first-order valence-electron chi connectivity index (χ1n) is 7.04. The van der Waals surface area contributed by atoms with Gasteiger partial charge in [-0.2, -0.15) is 17.0 Å². The number of piperidine rings is 1. The van der Waals surface area contributed by atoms with Gasteiger partial charge < -0.3 is 5.73 Å². The highest BCUT2D eigenvalue weighted by atomic mass is 32.2. The van der Waals surface area contributed by atoms with E-state index in [0.717, 1.165) is 30.4 Å². The molecule has 0 spiro atoms. The van der Waals surface area contributed by atoms with Crippen LogP contribution in [0.1, 0.15) is 30.4 Å². The quantitative estimate of drug-likeness (QED) is 0.891. The normalized spacial score (nSPS) is 17.6. The highest BCUT2D eigenvalue weighted by molar-refractivity contribution is 7.86. The molecule has 5 nitrogen and oxygen atoms in total. The Morgan fingerprint density at radius 1 is 1.15 bits per heavy atom. The van der Waals surface area contributed by atoms with E-state index in [1.807, 2.05) is 24.3 Å². The van der Waals surface area contributed by atoms with Crippen LogP contribution in [0.2, 0.25) is 0 Å². The van der Waals surface area contributed by atoms with Crippen LogP contribution in [0.25, 0.3) is 0 Å². The molecule has 1 heterocycles. The predicted molar refractivity (Wildman–Crippen MR) is 80.1 cm³/mol. The topological polar surface area (TPSA) is 66.6 Å². The van der Waals surface area contributed by atoms with Crippen LogP contribution in [0.3, 0.4) is 0 Å². The highest BCUT2D eigenvalue weighted by Crippen LogP contribution is 2.18. The van der Waals surface area contributed by atoms with E-state index in [1.165, 1.54) is 4.31 Å². The van der Waals surface area contributed by atoms with Crippen molar-refractivity contribution in [3.63, 3.8) is 0 Å². The van der Waals surface area contributed by atoms with E-state index in [0.29, 0.717) is 26.2 Å². The Bertz CT molecular complexity index is 539. The summed E-state index contributed by atoms with van der Waals surface area (Å²) < 4.78 is 28.0. The fraction of sp³-hybridized carbons (Fsp3) is 0.571. The monoisotopic (exact) mass is 297 g/mol. The van der Waals surface area contributed by atoms with Crippen molar-refractivity contribution in [2.45, 2.75) is 32.4 Å². The molecule has 112 valence electrons. The first kappa shape index (κ1) is 15.4. The number of rotatable bonds is 5. The average molecular weight is 297 g/mol. The summed E-state index contributed by atoms with van der Waals surface area (Å²) in [6, 6.07) is 7.71. The van der Waals surface area contributed by atoms with Crippen molar-refractivity contribution >= 4 is 10.2 Å². The van der Waals surface area contributed by atoms with Crippen molar-refractivity contribution in [1.29, 1.82) is 0 Å². The molecule has 0 aromatic heterocycles. The van der Waals surface area contributed by atoms with Crippen molar-refractivity contribution in [3.8, 4) is 0 Å². The smallest absolute Gasteiger partial charge is 0.282 e. The van der Waals surface area contributed by atoms with Crippen LogP contribution in [0.4, 0.5) is 0 Å². The third-order valence-electron chi connectivity index (χ3n) is 3.77. The number of nitrogens with two attached hydrogens (primary N) is 1. The van der Waals surface area contributed by atoms with Gasteiger partial charge in [-0.3, -0.25) is 0 Å². The SMILES string of the molecule is CN(Cc1ccccc1CN)S(=O)(=O)N1CCCCC1. The van der Waals surface area contributed by atoms with E-state index in [1.54, 1.807) is 11.4 Å². The summed E-state index contributed by atoms with van der Waals surface area (Å²) in [5.74, 6) is 0. The molecule has 1 aromatic rings. The maximum absolute atomic E-state index is 12.5. The fourth-order valence-electron chi connectivity index (χ4n) is 2.53. The zero-order valence-corrected chi connectivity index (χ0v) is 12.8. The molecule has 1 aromatic carbocycles. The summed E-state index contributed by atoms with van der Waals surface area (Å²) in [6.45, 7) is 2.05. The van der Waals surface area contributed by atoms with Crippen LogP contribution < -0.4 is 5.73 Å². The summed E-state index contributed by atoms with van der Waals surface area (Å²) in [6.07, 6.45) is 3.02. The molecule has 20 heavy (non-hydrogen) atoms. The second-order valence-corrected chi connectivity index (χ2v) is 7.23. The summed E-state index contributed by atoms with van der Waals surface area (Å²) in [5.41, 5.74) is 7.66. The molecule has 1 saturated heterocycles. The van der Waals surface area contributed by atoms with Crippen LogP contribution in [0.5, 0.6) is 0 Å². The van der Waals surface area contributed by atoms with Crippen molar-refractivity contribution in [2.75, 3.05) is 20.1 Å². The number of hydrogen-bond donors (Lipinski definition) is 1. The molecule has 1 aliphatic rings. The van der Waals surface area contributed by atoms with Gasteiger partial charge in [0.05, 0.1) is 0 Å². The van der Waals surface area contributed by atoms with Gasteiger partial charge in [0.25, 0.3) is 10.2 Å². The molecule has 2 rings (SSSR count). The largest absolute Gasteiger partial charge is 0.326 e. The Kier molecular flexibility index (Phi) is 5.15. The zero-order chi connectivity index (χ0) is 14.6. The summed E-state index contributed by atoms with van der Waals surface area (Å²) in [4.78, 5) is 0. The predicted octanol–water partition coefficient (Wildman–Crippen LogP) is 1.31. The first-order valence-corrected chi connectivity index (χ1v) is 8.43. The maximum Gasteiger partial charge on any atom is 0.282 e. The Morgan fingerprint density at radius 3 is 2.35 bits per heavy atom. The summed E-state index contributed by atoms with van der Waals surface area (Å²) in [5, 5.41) is 0. The van der Waals surface area contributed by atoms with E-state index in [4.69, 9.17) is 5.73 Å². The molecule has 0 amide bonds. The molecule has 0 unspecified atom stereocenters. The Hall–Kier alpha value is -0.950. The molecule has 0 saturated carbocycles. The van der Waals surface area contributed by atoms with Gasteiger partial charge in [0.15, 0.2) is 0 Å². The van der Waals surface area contributed by atoms with Gasteiger partial charge in [-0.05, 0) is 24.0 Å². The van der Waals surface area contributed by atoms with Crippen molar-refractivity contribution in [3.05, 3.63) is 35.4 Å². The lowest BCUT2D eigenvalue weighted by molar-refractivity contribution is 0.314. The Labute approximate surface area is 121 Å². The summed E-state index contributed by atoms with van der Waals surface area (Å²) in [7, 11) is -1.72. The van der Waals surface area contributed by atoms with Gasteiger partial charge >= 0.3 is 0 Å². The van der Waals surface area contributed by atoms with Gasteiger partial charge in [-0.25, -0.2) is 0 Å². The molecule has 0 radical (unpaired) electrons. The van der Waals surface area contributed by atoms with E-state index in [-0.39, 0.29) is 0 Å². The molecule has 0 aliphatic carbocycles. The van der Waals surface area contributed by atoms with Gasteiger partial charge in [-0.1, -0.05) is 30.7 Å². The van der Waals surface area contributed by atoms with E-state index < -0.39 is 10.2 Å². The molecular weight excluding hydrogens is 274 g/mol. The lowest BCUT2D eigenvalue weighted by Gasteiger charge is -2.30. The van der Waals surface area contributed by atoms with Crippen LogP contribution in [-0.2, 0) is 23.3 Å². The minimum Gasteiger partial charge on any atom is -0.326 e. The van der Waals surface area contributed by atoms with Crippen LogP contribution >= 0.6 is 0 Å². The molecule has 1 fully saturated rings. The number of hydrogen-bond acceptors (Lipinski definition) is 3. The van der Waals surface area contributed by atoms with E-state index >= 15 is 0 Å². The summed E-state index contributed by atoms with van der Waals surface area (Å²) >= 11 is 0. The average Bonchev–Trinajstić information content (AvgIpc) is 2.48. The molecule has 1 aliphatic heterocycles. The second kappa shape index (κ2) is 6.67. The molecule has 6 heteroatoms. The van der Waals surface area contributed by atoms with Crippen LogP contribution in [0.15, 0.2) is 24.3 Å². The van der Waals surface area contributed by atoms with Crippen LogP contribution in [0, 0.1) is 0 Å². The highest BCUT2D eigenvalue weighted by Gasteiger charge is 2.28. The standard InChI is InChI=1S/C14H23N3O2S/c1-16(12-14-8-4-3-7-13(14)11-15)20(18,19)17-9-5-2-6-10-17/h3-4,7-8H,2,5-6,9-12,15H2,1H3. The first-order chi connectivity index (χ1) is 9.55. The minimum absolute atomic E-state index is 0.367. The third-order valence-corrected chi connectivity index (χ3v) is 5.70. The molecular formula is C14H23N3O2S. The van der Waals surface area contributed by atoms with Crippen LogP contribution in [-0.4, -0.2) is 37.2 Å². The van der Waals surface area contributed by atoms with E-state index in [2.05, 4.69) is 0 Å². The fourth-order valence-corrected chi connectivity index (χ4v) is 3.94. The third kappa shape index (κ3) is 3.38. The second-order valence-electron chi connectivity index (χ2n) is 5.20. The number of benzene rings is 1. The van der Waals surface area contributed by atoms with Gasteiger partial charge in [0.2, 0.25) is 0 Å². The lowest BCUT2D eigenvalue weighted by atomic mass is 10.1. The molecule has 2 N–H and O–H groups in total. The Morgan fingerprint density at radius 2 is 1.75 bits per heavy atom. The zero-order valence-electron chi connectivity index (χ0n) is 12.0. The van der Waals surface area contributed by atoms with Gasteiger partial charge in [-0.15, -0.1) is 0 Å². The van der Waals surface area contributed by atoms with E-state index in [9.17, 15) is 8.42 Å². The molecule has 0 bridgehead atoms. The van der Waals surface area contributed by atoms with Crippen molar-refractivity contribution in [2.24, 2.45) is 5.73 Å². The molecule has 0 atom stereocenters. The lowest BCUT2D eigenvalue weighted by Crippen LogP contribution is -2.44. The number of nitrogens with zero attached hydrogens (tertiary/aromatic N) is 2. The van der Waals surface area contributed by atoms with Crippen molar-refractivity contribution in [1.82, 2.24) is 8.61 Å². The van der Waals surface area contributed by atoms with Crippen molar-refractivity contribution < 1.29 is 8.42 Å². The van der Waals surface area contributed by atoms with Gasteiger partial charge in [0.1, 0.15) is 0 Å². The minimum atomic E-state index is -3.36.